The fourth-order valence-corrected chi connectivity index (χ4v) is 2.32. The van der Waals surface area contributed by atoms with E-state index in [1.165, 1.54) is 5.56 Å². The molecular weight excluding hydrogens is 288 g/mol. The van der Waals surface area contributed by atoms with E-state index in [1.54, 1.807) is 10.8 Å². The Morgan fingerprint density at radius 3 is 2.43 bits per heavy atom. The second kappa shape index (κ2) is 6.32. The SMILES string of the molecule is Cc1ccc(-c2nn(-c3ccccc3)cc2/C=C\C(=O)O)cc1. The summed E-state index contributed by atoms with van der Waals surface area (Å²) in [6, 6.07) is 17.7. The molecule has 4 nitrogen and oxygen atoms in total. The number of rotatable bonds is 4. The van der Waals surface area contributed by atoms with E-state index < -0.39 is 5.97 Å². The Kier molecular flexibility index (Phi) is 4.06. The van der Waals surface area contributed by atoms with Crippen molar-refractivity contribution in [3.05, 3.63) is 78.0 Å². The molecule has 0 fully saturated rings. The highest BCUT2D eigenvalue weighted by atomic mass is 16.4. The van der Waals surface area contributed by atoms with Gasteiger partial charge in [0.25, 0.3) is 0 Å². The van der Waals surface area contributed by atoms with E-state index in [-0.39, 0.29) is 0 Å². The highest BCUT2D eigenvalue weighted by molar-refractivity contribution is 5.87. The van der Waals surface area contributed by atoms with Crippen molar-refractivity contribution in [3.8, 4) is 16.9 Å². The van der Waals surface area contributed by atoms with Crippen molar-refractivity contribution in [2.75, 3.05) is 0 Å². The normalized spacial score (nSPS) is 11.0. The highest BCUT2D eigenvalue weighted by Gasteiger charge is 2.10. The molecule has 4 heteroatoms. The maximum atomic E-state index is 10.8. The van der Waals surface area contributed by atoms with Gasteiger partial charge < -0.3 is 5.11 Å². The van der Waals surface area contributed by atoms with Crippen LogP contribution in [-0.4, -0.2) is 20.9 Å². The predicted molar refractivity (Wildman–Crippen MR) is 90.4 cm³/mol. The number of carboxylic acid groups (broad SMARTS) is 1. The first-order chi connectivity index (χ1) is 11.1. The molecule has 0 aliphatic rings. The van der Waals surface area contributed by atoms with Crippen LogP contribution in [0.4, 0.5) is 0 Å². The van der Waals surface area contributed by atoms with Crippen molar-refractivity contribution in [2.24, 2.45) is 0 Å². The minimum atomic E-state index is -0.979. The van der Waals surface area contributed by atoms with Crippen LogP contribution in [0.3, 0.4) is 0 Å². The smallest absolute Gasteiger partial charge is 0.328 e. The number of nitrogens with zero attached hydrogens (tertiary/aromatic N) is 2. The first-order valence-corrected chi connectivity index (χ1v) is 7.26. The van der Waals surface area contributed by atoms with Gasteiger partial charge in [-0.15, -0.1) is 0 Å². The largest absolute Gasteiger partial charge is 0.478 e. The van der Waals surface area contributed by atoms with Crippen molar-refractivity contribution >= 4 is 12.0 Å². The molecule has 3 rings (SSSR count). The number of benzene rings is 2. The summed E-state index contributed by atoms with van der Waals surface area (Å²) in [5.74, 6) is -0.979. The van der Waals surface area contributed by atoms with E-state index in [4.69, 9.17) is 5.11 Å². The molecule has 1 heterocycles. The first kappa shape index (κ1) is 14.8. The molecular formula is C19H16N2O2. The highest BCUT2D eigenvalue weighted by Crippen LogP contribution is 2.25. The molecule has 0 radical (unpaired) electrons. The van der Waals surface area contributed by atoms with E-state index in [9.17, 15) is 4.79 Å². The van der Waals surface area contributed by atoms with Gasteiger partial charge in [-0.3, -0.25) is 0 Å². The number of carbonyl (C=O) groups is 1. The van der Waals surface area contributed by atoms with Gasteiger partial charge in [-0.1, -0.05) is 48.0 Å². The molecule has 0 amide bonds. The van der Waals surface area contributed by atoms with Gasteiger partial charge >= 0.3 is 5.97 Å². The van der Waals surface area contributed by atoms with Crippen molar-refractivity contribution in [2.45, 2.75) is 6.92 Å². The predicted octanol–water partition coefficient (Wildman–Crippen LogP) is 3.95. The van der Waals surface area contributed by atoms with Gasteiger partial charge in [0.15, 0.2) is 0 Å². The molecule has 0 saturated heterocycles. The summed E-state index contributed by atoms with van der Waals surface area (Å²) < 4.78 is 1.76. The molecule has 2 aromatic carbocycles. The Hall–Kier alpha value is -3.14. The fraction of sp³-hybridized carbons (Fsp3) is 0.0526. The average molecular weight is 304 g/mol. The zero-order chi connectivity index (χ0) is 16.2. The zero-order valence-electron chi connectivity index (χ0n) is 12.7. The maximum Gasteiger partial charge on any atom is 0.328 e. The summed E-state index contributed by atoms with van der Waals surface area (Å²) in [6.45, 7) is 2.03. The Bertz CT molecular complexity index is 847. The van der Waals surface area contributed by atoms with Crippen LogP contribution in [0, 0.1) is 6.92 Å². The molecule has 0 spiro atoms. The first-order valence-electron chi connectivity index (χ1n) is 7.26. The molecule has 0 unspecified atom stereocenters. The summed E-state index contributed by atoms with van der Waals surface area (Å²) >= 11 is 0. The Morgan fingerprint density at radius 1 is 1.09 bits per heavy atom. The number of hydrogen-bond donors (Lipinski definition) is 1. The monoisotopic (exact) mass is 304 g/mol. The van der Waals surface area contributed by atoms with Crippen LogP contribution in [0.5, 0.6) is 0 Å². The van der Waals surface area contributed by atoms with Gasteiger partial charge in [0.05, 0.1) is 11.4 Å². The molecule has 0 bridgehead atoms. The molecule has 1 aromatic heterocycles. The van der Waals surface area contributed by atoms with E-state index in [0.29, 0.717) is 0 Å². The number of hydrogen-bond acceptors (Lipinski definition) is 2. The molecule has 3 aromatic rings. The van der Waals surface area contributed by atoms with Gasteiger partial charge in [-0.05, 0) is 25.1 Å². The van der Waals surface area contributed by atoms with E-state index in [2.05, 4.69) is 5.10 Å². The van der Waals surface area contributed by atoms with Gasteiger partial charge in [0.2, 0.25) is 0 Å². The molecule has 0 aliphatic carbocycles. The van der Waals surface area contributed by atoms with Crippen molar-refractivity contribution in [1.29, 1.82) is 0 Å². The molecule has 0 atom stereocenters. The number of carboxylic acids is 1. The minimum absolute atomic E-state index is 0.756. The van der Waals surface area contributed by atoms with E-state index in [0.717, 1.165) is 28.6 Å². The third-order valence-corrected chi connectivity index (χ3v) is 3.49. The van der Waals surface area contributed by atoms with Crippen molar-refractivity contribution < 1.29 is 9.90 Å². The molecule has 0 saturated carbocycles. The standard InChI is InChI=1S/C19H16N2O2/c1-14-7-9-15(10-8-14)19-16(11-12-18(22)23)13-21(20-19)17-5-3-2-4-6-17/h2-13H,1H3,(H,22,23)/b12-11-. The Morgan fingerprint density at radius 2 is 1.78 bits per heavy atom. The summed E-state index contributed by atoms with van der Waals surface area (Å²) in [6.07, 6.45) is 4.54. The second-order valence-corrected chi connectivity index (χ2v) is 5.25. The molecule has 114 valence electrons. The lowest BCUT2D eigenvalue weighted by atomic mass is 10.1. The Balaban J connectivity index is 2.10. The number of para-hydroxylation sites is 1. The lowest BCUT2D eigenvalue weighted by Crippen LogP contribution is -1.93. The van der Waals surface area contributed by atoms with Crippen LogP contribution in [0.15, 0.2) is 66.9 Å². The summed E-state index contributed by atoms with van der Waals surface area (Å²) in [5.41, 5.74) is 4.57. The van der Waals surface area contributed by atoms with Crippen LogP contribution < -0.4 is 0 Å². The quantitative estimate of drug-likeness (QED) is 0.743. The van der Waals surface area contributed by atoms with E-state index >= 15 is 0 Å². The maximum absolute atomic E-state index is 10.8. The minimum Gasteiger partial charge on any atom is -0.478 e. The third-order valence-electron chi connectivity index (χ3n) is 3.49. The van der Waals surface area contributed by atoms with Crippen LogP contribution in [0.2, 0.25) is 0 Å². The van der Waals surface area contributed by atoms with Crippen LogP contribution in [-0.2, 0) is 4.79 Å². The van der Waals surface area contributed by atoms with Gasteiger partial charge in [-0.2, -0.15) is 5.10 Å². The van der Waals surface area contributed by atoms with Crippen LogP contribution in [0.1, 0.15) is 11.1 Å². The second-order valence-electron chi connectivity index (χ2n) is 5.25. The number of aliphatic carboxylic acids is 1. The van der Waals surface area contributed by atoms with Crippen LogP contribution in [0.25, 0.3) is 23.0 Å². The third kappa shape index (κ3) is 3.37. The van der Waals surface area contributed by atoms with E-state index in [1.807, 2.05) is 67.7 Å². The lowest BCUT2D eigenvalue weighted by molar-refractivity contribution is -0.131. The lowest BCUT2D eigenvalue weighted by Gasteiger charge is -2.01. The van der Waals surface area contributed by atoms with Gasteiger partial charge in [0, 0.05) is 23.4 Å². The summed E-state index contributed by atoms with van der Waals surface area (Å²) in [4.78, 5) is 10.8. The van der Waals surface area contributed by atoms with Gasteiger partial charge in [0.1, 0.15) is 0 Å². The fourth-order valence-electron chi connectivity index (χ4n) is 2.32. The zero-order valence-corrected chi connectivity index (χ0v) is 12.7. The van der Waals surface area contributed by atoms with Crippen molar-refractivity contribution in [1.82, 2.24) is 9.78 Å². The molecule has 23 heavy (non-hydrogen) atoms. The van der Waals surface area contributed by atoms with Crippen molar-refractivity contribution in [3.63, 3.8) is 0 Å². The van der Waals surface area contributed by atoms with Crippen LogP contribution >= 0.6 is 0 Å². The van der Waals surface area contributed by atoms with Gasteiger partial charge in [-0.25, -0.2) is 9.48 Å². The summed E-state index contributed by atoms with van der Waals surface area (Å²) in [7, 11) is 0. The molecule has 0 aliphatic heterocycles. The molecule has 1 N–H and O–H groups in total. The number of aryl methyl sites for hydroxylation is 1. The summed E-state index contributed by atoms with van der Waals surface area (Å²) in [5, 5.41) is 13.5. The average Bonchev–Trinajstić information content (AvgIpc) is 2.99. The Labute approximate surface area is 134 Å². The topological polar surface area (TPSA) is 55.1 Å². The number of aromatic nitrogens is 2.